The number of nitrogen functional groups attached to an aromatic ring is 1. The number of hydrogen-bond acceptors (Lipinski definition) is 10. The van der Waals surface area contributed by atoms with E-state index in [1.165, 1.54) is 12.1 Å². The molecule has 1 saturated heterocycles. The largest absolute Gasteiger partial charge is 0.733 e. The third-order valence-corrected chi connectivity index (χ3v) is 5.83. The minimum Gasteiger partial charge on any atom is -0.733 e. The first-order chi connectivity index (χ1) is 16.8. The van der Waals surface area contributed by atoms with Gasteiger partial charge in [-0.2, -0.15) is 0 Å². The number of nitrogens with one attached hydrogen (secondary N) is 3. The van der Waals surface area contributed by atoms with Gasteiger partial charge in [0.1, 0.15) is 11.6 Å². The number of carbonyl (C=O) groups is 1. The van der Waals surface area contributed by atoms with Crippen LogP contribution in [0, 0.1) is 5.21 Å². The molecule has 0 saturated carbocycles. The zero-order valence-electron chi connectivity index (χ0n) is 18.5. The molecule has 1 aliphatic heterocycles. The maximum Gasteiger partial charge on any atom is 0.241 e. The highest BCUT2D eigenvalue weighted by Gasteiger charge is 2.24. The fraction of sp³-hybridized carbons (Fsp3) is 0.227. The lowest BCUT2D eigenvalue weighted by molar-refractivity contribution is -0.118. The van der Waals surface area contributed by atoms with E-state index in [4.69, 9.17) is 39.1 Å². The van der Waals surface area contributed by atoms with Crippen molar-refractivity contribution in [1.29, 1.82) is 0 Å². The SMILES string of the molecule is Nc1nc(NCCNc2ccc(N3CCNCC3=O)c(-c3ccc(Cl)cc3Cl)n2)ccc1N([O-])O. The summed E-state index contributed by atoms with van der Waals surface area (Å²) in [4.78, 5) is 23.0. The average molecular weight is 518 g/mol. The number of pyridine rings is 2. The molecule has 13 heteroatoms. The summed E-state index contributed by atoms with van der Waals surface area (Å²) in [5.74, 6) is 0.895. The summed E-state index contributed by atoms with van der Waals surface area (Å²) in [5, 5.41) is 29.9. The van der Waals surface area contributed by atoms with Crippen LogP contribution in [0.1, 0.15) is 0 Å². The molecule has 0 aliphatic carbocycles. The smallest absolute Gasteiger partial charge is 0.241 e. The molecular formula is C22H23Cl2N8O3-. The normalized spacial score (nSPS) is 13.6. The Morgan fingerprint density at radius 3 is 2.49 bits per heavy atom. The Morgan fingerprint density at radius 1 is 1.11 bits per heavy atom. The number of anilines is 5. The van der Waals surface area contributed by atoms with Crippen LogP contribution in [0.25, 0.3) is 11.3 Å². The Bertz CT molecular complexity index is 1230. The van der Waals surface area contributed by atoms with E-state index < -0.39 is 0 Å². The molecule has 2 aromatic heterocycles. The average Bonchev–Trinajstić information content (AvgIpc) is 2.82. The number of nitrogens with two attached hydrogens (primary N) is 1. The molecule has 0 unspecified atom stereocenters. The van der Waals surface area contributed by atoms with Gasteiger partial charge < -0.3 is 37.0 Å². The van der Waals surface area contributed by atoms with Crippen molar-refractivity contribution < 1.29 is 10.0 Å². The Morgan fingerprint density at radius 2 is 1.83 bits per heavy atom. The van der Waals surface area contributed by atoms with Crippen molar-refractivity contribution in [2.75, 3.05) is 59.2 Å². The fourth-order valence-electron chi connectivity index (χ4n) is 3.62. The van der Waals surface area contributed by atoms with Gasteiger partial charge in [-0.3, -0.25) is 10.0 Å². The third-order valence-electron chi connectivity index (χ3n) is 5.29. The van der Waals surface area contributed by atoms with Crippen molar-refractivity contribution in [3.8, 4) is 11.3 Å². The van der Waals surface area contributed by atoms with Crippen molar-refractivity contribution in [2.24, 2.45) is 0 Å². The summed E-state index contributed by atoms with van der Waals surface area (Å²) in [7, 11) is 0. The molecule has 3 heterocycles. The minimum absolute atomic E-state index is 0.0478. The van der Waals surface area contributed by atoms with E-state index in [0.29, 0.717) is 64.8 Å². The van der Waals surface area contributed by atoms with E-state index in [9.17, 15) is 10.0 Å². The summed E-state index contributed by atoms with van der Waals surface area (Å²) >= 11 is 12.6. The van der Waals surface area contributed by atoms with Crippen LogP contribution in [0.5, 0.6) is 0 Å². The number of piperazine rings is 1. The monoisotopic (exact) mass is 517 g/mol. The highest BCUT2D eigenvalue weighted by Crippen LogP contribution is 2.36. The molecule has 1 fully saturated rings. The van der Waals surface area contributed by atoms with Gasteiger partial charge in [-0.25, -0.2) is 9.97 Å². The number of amides is 1. The second-order valence-corrected chi connectivity index (χ2v) is 8.48. The van der Waals surface area contributed by atoms with Gasteiger partial charge in [0.25, 0.3) is 0 Å². The molecule has 1 amide bonds. The minimum atomic E-state index is -0.332. The number of rotatable bonds is 8. The first-order valence-electron chi connectivity index (χ1n) is 10.7. The van der Waals surface area contributed by atoms with Gasteiger partial charge in [0.2, 0.25) is 5.91 Å². The maximum absolute atomic E-state index is 12.5. The van der Waals surface area contributed by atoms with Crippen LogP contribution in [0.3, 0.4) is 0 Å². The molecule has 35 heavy (non-hydrogen) atoms. The first-order valence-corrected chi connectivity index (χ1v) is 11.5. The highest BCUT2D eigenvalue weighted by atomic mass is 35.5. The molecule has 11 nitrogen and oxygen atoms in total. The summed E-state index contributed by atoms with van der Waals surface area (Å²) in [6.45, 7) is 2.39. The number of hydrogen-bond donors (Lipinski definition) is 5. The lowest BCUT2D eigenvalue weighted by atomic mass is 10.1. The Hall–Kier alpha value is -3.35. The molecule has 4 rings (SSSR count). The van der Waals surface area contributed by atoms with Gasteiger partial charge in [0.05, 0.1) is 28.6 Å². The van der Waals surface area contributed by atoms with Crippen LogP contribution in [-0.4, -0.2) is 53.8 Å². The Labute approximate surface area is 211 Å². The van der Waals surface area contributed by atoms with E-state index in [1.54, 1.807) is 29.2 Å². The number of nitrogens with zero attached hydrogens (tertiary/aromatic N) is 4. The van der Waals surface area contributed by atoms with E-state index in [-0.39, 0.29) is 29.2 Å². The van der Waals surface area contributed by atoms with Crippen LogP contribution in [0.2, 0.25) is 10.0 Å². The number of halogens is 2. The summed E-state index contributed by atoms with van der Waals surface area (Å²) in [6.07, 6.45) is 0. The molecule has 0 radical (unpaired) electrons. The maximum atomic E-state index is 12.5. The zero-order chi connectivity index (χ0) is 24.9. The second-order valence-electron chi connectivity index (χ2n) is 7.64. The molecule has 1 aromatic carbocycles. The van der Waals surface area contributed by atoms with Gasteiger partial charge in [-0.1, -0.05) is 23.2 Å². The molecule has 184 valence electrons. The molecule has 0 spiro atoms. The van der Waals surface area contributed by atoms with Crippen molar-refractivity contribution in [3.63, 3.8) is 0 Å². The third kappa shape index (κ3) is 5.84. The molecule has 0 atom stereocenters. The fourth-order valence-corrected chi connectivity index (χ4v) is 4.12. The van der Waals surface area contributed by atoms with Crippen molar-refractivity contribution >= 4 is 57.9 Å². The zero-order valence-corrected chi connectivity index (χ0v) is 20.0. The van der Waals surface area contributed by atoms with Crippen LogP contribution in [-0.2, 0) is 4.79 Å². The molecule has 6 N–H and O–H groups in total. The standard InChI is InChI=1S/C22H23Cl2N8O3/c23-13-1-2-14(15(24)11-13)21-16(31-10-9-26-12-20(31)33)3-5-18(29-21)27-7-8-28-19-6-4-17(32(34)35)22(25)30-19/h1-6,11,26,34H,7-10,12H2,(H,27,29)(H3,25,28,30)/q-1. The van der Waals surface area contributed by atoms with E-state index in [1.807, 2.05) is 6.07 Å². The Balaban J connectivity index is 1.50. The van der Waals surface area contributed by atoms with Gasteiger partial charge in [-0.15, -0.1) is 0 Å². The summed E-state index contributed by atoms with van der Waals surface area (Å²) < 4.78 is 0. The molecular weight excluding hydrogens is 495 g/mol. The van der Waals surface area contributed by atoms with Gasteiger partial charge in [0.15, 0.2) is 5.82 Å². The van der Waals surface area contributed by atoms with Crippen molar-refractivity contribution in [3.05, 3.63) is 57.7 Å². The summed E-state index contributed by atoms with van der Waals surface area (Å²) in [5.41, 5.74) is 7.43. The lowest BCUT2D eigenvalue weighted by Gasteiger charge is -2.29. The highest BCUT2D eigenvalue weighted by molar-refractivity contribution is 6.36. The van der Waals surface area contributed by atoms with Crippen LogP contribution in [0.4, 0.5) is 28.8 Å². The molecule has 0 bridgehead atoms. The lowest BCUT2D eigenvalue weighted by Crippen LogP contribution is -2.48. The topological polar surface area (TPSA) is 155 Å². The second kappa shape index (κ2) is 10.9. The van der Waals surface area contributed by atoms with Crippen LogP contribution < -0.4 is 31.8 Å². The first kappa shape index (κ1) is 24.8. The van der Waals surface area contributed by atoms with Gasteiger partial charge in [-0.05, 0) is 42.5 Å². The van der Waals surface area contributed by atoms with Gasteiger partial charge >= 0.3 is 0 Å². The van der Waals surface area contributed by atoms with Crippen LogP contribution in [0.15, 0.2) is 42.5 Å². The number of aromatic nitrogens is 2. The van der Waals surface area contributed by atoms with Gasteiger partial charge in [0, 0.05) is 36.8 Å². The van der Waals surface area contributed by atoms with E-state index in [2.05, 4.69) is 20.9 Å². The van der Waals surface area contributed by atoms with Crippen molar-refractivity contribution in [1.82, 2.24) is 15.3 Å². The van der Waals surface area contributed by atoms with Crippen LogP contribution >= 0.6 is 23.2 Å². The van der Waals surface area contributed by atoms with E-state index >= 15 is 0 Å². The van der Waals surface area contributed by atoms with Crippen molar-refractivity contribution in [2.45, 2.75) is 0 Å². The Kier molecular flexibility index (Phi) is 7.73. The number of benzene rings is 1. The predicted molar refractivity (Wildman–Crippen MR) is 138 cm³/mol. The predicted octanol–water partition coefficient (Wildman–Crippen LogP) is 3.19. The quantitative estimate of drug-likeness (QED) is 0.222. The summed E-state index contributed by atoms with van der Waals surface area (Å²) in [6, 6.07) is 11.7. The van der Waals surface area contributed by atoms with E-state index in [0.717, 1.165) is 0 Å². The number of carbonyl (C=O) groups excluding carboxylic acids is 1. The molecule has 3 aromatic rings. The molecule has 1 aliphatic rings.